The Kier molecular flexibility index (Phi) is 17.0. The van der Waals surface area contributed by atoms with Gasteiger partial charge in [-0.25, -0.2) is 18.4 Å². The Hall–Kier alpha value is -10.8. The van der Waals surface area contributed by atoms with E-state index in [4.69, 9.17) is 14.7 Å². The standard InChI is InChI=1S/C30H27N5O5.C24H25N3O2S.C13H10N2O5/c1-18-3-5-19(6-4-18)24-17-34-12-11-20(15-26(34)31-24)33(2)13-14-40-21-7-8-22-23(16-21)30(39)35(29(22)38)25-9-10-27(36)32-28(25)37;1-18-4-8-20(9-5-18)23-17-27-13-12-21(16-24(27)25-23)26(3)14-15-30(28,29)22-10-6-19(2)7-11-22;16-6-1-2-7-8(5-6)13(20)15(12(7)19)9-3-4-10(17)14-11(9)18/h3-8,11-12,15-17,25H,9-10,13-14H2,1-2H3,(H,32,36,37);4-13,16-17H,14-15H2,1-3H3;1-2,5,9,16H,3-4H2,(H,14,17,18). The molecule has 8 heterocycles. The minimum absolute atomic E-state index is 0.0563. The second kappa shape index (κ2) is 25.1. The van der Waals surface area contributed by atoms with Crippen LogP contribution in [0, 0.1) is 20.8 Å². The van der Waals surface area contributed by atoms with Crippen molar-refractivity contribution in [3.63, 3.8) is 0 Å². The fourth-order valence-electron chi connectivity index (χ4n) is 10.8. The summed E-state index contributed by atoms with van der Waals surface area (Å²) in [5.41, 5.74) is 11.6. The van der Waals surface area contributed by atoms with Gasteiger partial charge in [0.05, 0.1) is 50.8 Å². The number of sulfone groups is 1. The third-order valence-corrected chi connectivity index (χ3v) is 17.8. The Labute approximate surface area is 517 Å². The lowest BCUT2D eigenvalue weighted by molar-refractivity contribution is -0.137. The van der Waals surface area contributed by atoms with Gasteiger partial charge in [-0.3, -0.25) is 58.8 Å². The third kappa shape index (κ3) is 12.8. The van der Waals surface area contributed by atoms with E-state index < -0.39 is 69.2 Å². The molecule has 13 rings (SSSR count). The Balaban J connectivity index is 0.000000147. The van der Waals surface area contributed by atoms with Gasteiger partial charge in [-0.15, -0.1) is 0 Å². The minimum Gasteiger partial charge on any atom is -0.508 e. The van der Waals surface area contributed by atoms with Crippen molar-refractivity contribution in [3.8, 4) is 34.0 Å². The number of benzene rings is 5. The average Bonchev–Trinajstić information content (AvgIpc) is 1.69. The van der Waals surface area contributed by atoms with Gasteiger partial charge < -0.3 is 28.4 Å². The molecule has 4 aliphatic heterocycles. The van der Waals surface area contributed by atoms with Crippen LogP contribution in [0.3, 0.4) is 0 Å². The number of piperidine rings is 2. The summed E-state index contributed by atoms with van der Waals surface area (Å²) in [5.74, 6) is -4.05. The van der Waals surface area contributed by atoms with E-state index in [9.17, 15) is 51.9 Å². The zero-order valence-electron chi connectivity index (χ0n) is 49.7. The molecule has 2 saturated heterocycles. The first-order valence-corrected chi connectivity index (χ1v) is 30.6. The smallest absolute Gasteiger partial charge is 0.262 e. The molecule has 2 atom stereocenters. The van der Waals surface area contributed by atoms with Gasteiger partial charge in [0.25, 0.3) is 23.6 Å². The zero-order valence-corrected chi connectivity index (χ0v) is 50.6. The summed E-state index contributed by atoms with van der Waals surface area (Å²) < 4.78 is 35.2. The van der Waals surface area contributed by atoms with Crippen molar-refractivity contribution in [2.75, 3.05) is 49.3 Å². The number of phenols is 1. The summed E-state index contributed by atoms with van der Waals surface area (Å²) in [5, 5.41) is 13.7. The molecule has 8 amide bonds. The number of nitrogens with one attached hydrogen (secondary N) is 2. The van der Waals surface area contributed by atoms with Crippen molar-refractivity contribution in [1.82, 2.24) is 39.2 Å². The number of likely N-dealkylation sites (N-methyl/N-ethyl adjacent to an activating group) is 1. The van der Waals surface area contributed by atoms with Gasteiger partial charge in [0.15, 0.2) is 9.84 Å². The van der Waals surface area contributed by atoms with Gasteiger partial charge in [0.2, 0.25) is 23.6 Å². The highest BCUT2D eigenvalue weighted by Crippen LogP contribution is 2.33. The molecule has 9 aromatic rings. The van der Waals surface area contributed by atoms with E-state index in [0.29, 0.717) is 30.3 Å². The highest BCUT2D eigenvalue weighted by molar-refractivity contribution is 7.91. The molecule has 4 aromatic heterocycles. The monoisotopic (exact) mass is 1230 g/mol. The second-order valence-electron chi connectivity index (χ2n) is 22.4. The maximum absolute atomic E-state index is 13.0. The van der Waals surface area contributed by atoms with Crippen LogP contribution < -0.4 is 25.2 Å². The maximum atomic E-state index is 13.0. The number of anilines is 2. The largest absolute Gasteiger partial charge is 0.508 e. The van der Waals surface area contributed by atoms with Crippen molar-refractivity contribution in [2.45, 2.75) is 63.4 Å². The van der Waals surface area contributed by atoms with Crippen molar-refractivity contribution in [2.24, 2.45) is 0 Å². The number of aromatic nitrogens is 4. The zero-order chi connectivity index (χ0) is 63.7. The van der Waals surface area contributed by atoms with Crippen molar-refractivity contribution < 1.29 is 56.6 Å². The number of hydrogen-bond donors (Lipinski definition) is 3. The first-order valence-electron chi connectivity index (χ1n) is 29.0. The molecule has 4 aliphatic rings. The Bertz CT molecular complexity index is 4490. The molecule has 23 heteroatoms. The fourth-order valence-corrected chi connectivity index (χ4v) is 12.1. The molecule has 22 nitrogen and oxygen atoms in total. The summed E-state index contributed by atoms with van der Waals surface area (Å²) in [4.78, 5) is 113. The van der Waals surface area contributed by atoms with Gasteiger partial charge in [-0.1, -0.05) is 77.4 Å². The normalized spacial score (nSPS) is 16.3. The number of imide groups is 4. The van der Waals surface area contributed by atoms with E-state index in [1.54, 1.807) is 24.3 Å². The van der Waals surface area contributed by atoms with Crippen LogP contribution in [-0.2, 0) is 29.0 Å². The topological polar surface area (TPSA) is 272 Å². The summed E-state index contributed by atoms with van der Waals surface area (Å²) in [7, 11) is 0.543. The number of hydrogen-bond acceptors (Lipinski definition) is 16. The average molecular weight is 1230 g/mol. The highest BCUT2D eigenvalue weighted by Gasteiger charge is 2.46. The van der Waals surface area contributed by atoms with Crippen molar-refractivity contribution in [3.05, 3.63) is 197 Å². The van der Waals surface area contributed by atoms with Crippen LogP contribution in [0.25, 0.3) is 33.8 Å². The number of aromatic hydroxyl groups is 1. The first kappa shape index (κ1) is 60.9. The van der Waals surface area contributed by atoms with Crippen LogP contribution in [0.1, 0.15) is 83.8 Å². The Morgan fingerprint density at radius 2 is 0.967 bits per heavy atom. The van der Waals surface area contributed by atoms with E-state index >= 15 is 0 Å². The quantitative estimate of drug-likeness (QED) is 0.0887. The van der Waals surface area contributed by atoms with Crippen LogP contribution in [0.2, 0.25) is 0 Å². The molecule has 5 aromatic carbocycles. The van der Waals surface area contributed by atoms with Gasteiger partial charge >= 0.3 is 0 Å². The lowest BCUT2D eigenvalue weighted by Gasteiger charge is -2.27. The van der Waals surface area contributed by atoms with Gasteiger partial charge in [0.1, 0.15) is 41.5 Å². The van der Waals surface area contributed by atoms with E-state index in [2.05, 4.69) is 73.0 Å². The number of aryl methyl sites for hydroxylation is 3. The molecule has 0 saturated carbocycles. The van der Waals surface area contributed by atoms with Crippen molar-refractivity contribution >= 4 is 79.8 Å². The molecule has 0 aliphatic carbocycles. The number of pyridine rings is 2. The first-order chi connectivity index (χ1) is 43.1. The predicted molar refractivity (Wildman–Crippen MR) is 334 cm³/mol. The number of fused-ring (bicyclic) bond motifs is 4. The number of carbonyl (C=O) groups excluding carboxylic acids is 8. The molecular weight excluding hydrogens is 1170 g/mol. The van der Waals surface area contributed by atoms with E-state index in [1.807, 2.05) is 101 Å². The molecule has 90 heavy (non-hydrogen) atoms. The molecule has 458 valence electrons. The molecule has 2 unspecified atom stereocenters. The highest BCUT2D eigenvalue weighted by atomic mass is 32.2. The minimum atomic E-state index is -3.32. The number of amides is 8. The molecule has 0 spiro atoms. The number of phenolic OH excluding ortho intramolecular Hbond substituents is 1. The summed E-state index contributed by atoms with van der Waals surface area (Å²) >= 11 is 0. The van der Waals surface area contributed by atoms with Crippen LogP contribution >= 0.6 is 0 Å². The van der Waals surface area contributed by atoms with Crippen LogP contribution in [0.5, 0.6) is 11.5 Å². The number of ether oxygens (including phenoxy) is 1. The van der Waals surface area contributed by atoms with Gasteiger partial charge in [-0.05, 0) is 94.3 Å². The van der Waals surface area contributed by atoms with Crippen molar-refractivity contribution in [1.29, 1.82) is 0 Å². The lowest BCUT2D eigenvalue weighted by atomic mass is 10.0. The maximum Gasteiger partial charge on any atom is 0.262 e. The molecule has 3 N–H and O–H groups in total. The third-order valence-electron chi connectivity index (χ3n) is 16.1. The molecule has 0 bridgehead atoms. The molecule has 2 fully saturated rings. The SMILES string of the molecule is Cc1ccc(-c2cn3ccc(N(C)CCOc4ccc5c(c4)C(=O)N(C4CCC(=O)NC4=O)C5=O)cc3n2)cc1.Cc1ccc(-c2cn3ccc(N(C)CCS(=O)(=O)c4ccc(C)cc4)cc3n2)cc1.O=C1CCC(N2C(=O)c3ccc(O)cc3C2=O)C(=O)N1. The van der Waals surface area contributed by atoms with Gasteiger partial charge in [-0.2, -0.15) is 0 Å². The molecule has 0 radical (unpaired) electrons. The summed E-state index contributed by atoms with van der Waals surface area (Å²) in [6.07, 6.45) is 8.33. The Morgan fingerprint density at radius 1 is 0.533 bits per heavy atom. The predicted octanol–water partition coefficient (Wildman–Crippen LogP) is 7.55. The second-order valence-corrected chi connectivity index (χ2v) is 24.5. The number of carbonyl (C=O) groups is 8. The number of rotatable bonds is 14. The van der Waals surface area contributed by atoms with E-state index in [0.717, 1.165) is 60.5 Å². The number of imidazole rings is 2. The summed E-state index contributed by atoms with van der Waals surface area (Å²) in [6, 6.07) is 38.1. The van der Waals surface area contributed by atoms with E-state index in [-0.39, 0.29) is 59.4 Å². The van der Waals surface area contributed by atoms with Gasteiger partial charge in [0, 0.05) is 92.9 Å². The fraction of sp³-hybridized carbons (Fsp3) is 0.224. The Morgan fingerprint density at radius 3 is 1.44 bits per heavy atom. The van der Waals surface area contributed by atoms with Crippen LogP contribution in [-0.4, -0.2) is 141 Å². The summed E-state index contributed by atoms with van der Waals surface area (Å²) in [6.45, 7) is 7.37. The van der Waals surface area contributed by atoms with Crippen LogP contribution in [0.4, 0.5) is 11.4 Å². The number of nitrogens with zero attached hydrogens (tertiary/aromatic N) is 8. The lowest BCUT2D eigenvalue weighted by Crippen LogP contribution is -2.54. The van der Waals surface area contributed by atoms with Crippen LogP contribution in [0.15, 0.2) is 163 Å². The van der Waals surface area contributed by atoms with E-state index in [1.165, 1.54) is 35.4 Å². The molecular formula is C67H62N10O12S.